The summed E-state index contributed by atoms with van der Waals surface area (Å²) >= 11 is 0. The second-order valence-electron chi connectivity index (χ2n) is 34.7. The van der Waals surface area contributed by atoms with Crippen LogP contribution in [0.25, 0.3) is 78.7 Å². The molecule has 29 heteroatoms. The van der Waals surface area contributed by atoms with Gasteiger partial charge in [-0.3, -0.25) is 34.0 Å². The van der Waals surface area contributed by atoms with Crippen molar-refractivity contribution in [2.24, 2.45) is 32.1 Å². The van der Waals surface area contributed by atoms with Crippen molar-refractivity contribution in [3.63, 3.8) is 0 Å². The lowest BCUT2D eigenvalue weighted by molar-refractivity contribution is 0.0341. The maximum Gasteiger partial charge on any atom is 0.262 e. The molecule has 4 aliphatic heterocycles. The van der Waals surface area contributed by atoms with E-state index in [0.717, 1.165) is 217 Å². The largest absolute Gasteiger partial charge is 0.496 e. The summed E-state index contributed by atoms with van der Waals surface area (Å²) < 4.78 is 33.3. The zero-order valence-electron chi connectivity index (χ0n) is 73.1. The third-order valence-electron chi connectivity index (χ3n) is 26.5. The van der Waals surface area contributed by atoms with Gasteiger partial charge in [0.05, 0.1) is 111 Å². The summed E-state index contributed by atoms with van der Waals surface area (Å²) in [4.78, 5) is 97.8. The van der Waals surface area contributed by atoms with Crippen LogP contribution in [-0.2, 0) is 51.9 Å². The van der Waals surface area contributed by atoms with E-state index in [1.807, 2.05) is 75.7 Å². The van der Waals surface area contributed by atoms with E-state index in [2.05, 4.69) is 76.8 Å². The number of H-pyrrole nitrogens is 4. The summed E-state index contributed by atoms with van der Waals surface area (Å²) in [6, 6.07) is 24.3. The van der Waals surface area contributed by atoms with Gasteiger partial charge in [0.25, 0.3) is 22.2 Å². The molecule has 7 fully saturated rings. The predicted molar refractivity (Wildman–Crippen MR) is 480 cm³/mol. The highest BCUT2D eigenvalue weighted by atomic mass is 16.5. The average Bonchev–Trinajstić information content (AvgIpc) is 1.64. The Morgan fingerprint density at radius 2 is 0.780 bits per heavy atom. The van der Waals surface area contributed by atoms with Gasteiger partial charge in [-0.1, -0.05) is 102 Å². The number of benzene rings is 4. The number of nitrogens with one attached hydrogen (secondary N) is 4. The zero-order valence-corrected chi connectivity index (χ0v) is 73.1. The smallest absolute Gasteiger partial charge is 0.262 e. The standard InChI is InChI=1S/C25H32N4O3.C24H32N6O2.C24H31N5O3.C21H26N4O2/c1-32-21-13-16(15-29-11-9-18(30)10-12-29)7-8-19(21)24-27-20-14-26-23(22(20)25(31)28-24)17-5-3-2-4-6-17;1-28-11-13-30(14-12-28)17-9-10-18(19(15-17)32-3)22-25-23-20(24(31)26-22)21(27-29(23)2)16-7-5-4-6-8-16;1-28-23-20(21(27-28)17-6-4-3-5-7-17)24(30)26-22(25-23)18-9-8-16(14-19(18)31-2)15-29-10-12-32-13-11-29;1-4-13-10-11-15(16(12-13)27-3)19-22-20-17(21(26)23-19)18(24-25(20)2)14-8-6-5-7-9-14/h7-8,13,17-18,30H,2-6,9-12,14-15H2,1H3,(H,27,28,31);9-10,15-16H,4-8,11-14H2,1-3H3,(H,25,26,31);8-9,14,17H,3-7,10-13,15H2,1-2H3,(H,25,26,30);10-12,14H,4-9H2,1-3H3,(H,22,23,26). The molecule has 0 bridgehead atoms. The molecule has 0 radical (unpaired) electrons. The molecule has 11 heterocycles. The van der Waals surface area contributed by atoms with Gasteiger partial charge in [0, 0.05) is 122 Å². The Bertz CT molecular complexity index is 5830. The number of morpholine rings is 1. The van der Waals surface area contributed by atoms with Crippen molar-refractivity contribution in [1.82, 2.24) is 83.9 Å². The predicted octanol–water partition coefficient (Wildman–Crippen LogP) is 13.6. The van der Waals surface area contributed by atoms with Crippen LogP contribution in [-0.4, -0.2) is 202 Å². The number of methoxy groups -OCH3 is 4. The maximum absolute atomic E-state index is 13.2. The third-order valence-corrected chi connectivity index (χ3v) is 26.5. The number of aliphatic hydroxyl groups is 1. The lowest BCUT2D eigenvalue weighted by Gasteiger charge is -2.34. The molecule has 4 saturated carbocycles. The number of piperazine rings is 1. The quantitative estimate of drug-likeness (QED) is 0.0533. The number of rotatable bonds is 18. The van der Waals surface area contributed by atoms with Crippen molar-refractivity contribution >= 4 is 44.5 Å². The highest BCUT2D eigenvalue weighted by molar-refractivity contribution is 6.04. The normalized spacial score (nSPS) is 18.2. The molecule has 3 saturated heterocycles. The molecule has 8 aliphatic rings. The van der Waals surface area contributed by atoms with Gasteiger partial charge in [0.15, 0.2) is 16.9 Å². The van der Waals surface area contributed by atoms with Crippen molar-refractivity contribution in [3.8, 4) is 68.5 Å². The lowest BCUT2D eigenvalue weighted by atomic mass is 9.84. The Morgan fingerprint density at radius 3 is 1.20 bits per heavy atom. The fourth-order valence-corrected chi connectivity index (χ4v) is 19.6. The summed E-state index contributed by atoms with van der Waals surface area (Å²) in [5.74, 6) is 6.35. The van der Waals surface area contributed by atoms with Crippen molar-refractivity contribution in [1.29, 1.82) is 0 Å². The van der Waals surface area contributed by atoms with E-state index in [-0.39, 0.29) is 28.3 Å². The molecule has 29 nitrogen and oxygen atoms in total. The molecular weight excluding hydrogens is 1560 g/mol. The van der Waals surface area contributed by atoms with Crippen LogP contribution in [0.2, 0.25) is 0 Å². The maximum atomic E-state index is 13.2. The molecule has 5 N–H and O–H groups in total. The number of hydrogen-bond donors (Lipinski definition) is 5. The van der Waals surface area contributed by atoms with E-state index in [1.165, 1.54) is 82.6 Å². The van der Waals surface area contributed by atoms with E-state index in [0.29, 0.717) is 115 Å². The number of likely N-dealkylation sites (tertiary alicyclic amines) is 1. The number of fused-ring (bicyclic) bond motifs is 4. The molecule has 0 amide bonds. The summed E-state index contributed by atoms with van der Waals surface area (Å²) in [6.07, 6.45) is 25.9. The van der Waals surface area contributed by atoms with Gasteiger partial charge < -0.3 is 58.5 Å². The van der Waals surface area contributed by atoms with Gasteiger partial charge in [-0.05, 0) is 143 Å². The third kappa shape index (κ3) is 19.0. The minimum absolute atomic E-state index is 0.0928. The number of ether oxygens (including phenoxy) is 5. The molecule has 7 aromatic heterocycles. The molecule has 19 rings (SSSR count). The first kappa shape index (κ1) is 85.8. The van der Waals surface area contributed by atoms with Crippen molar-refractivity contribution in [2.75, 3.05) is 106 Å². The molecule has 0 unspecified atom stereocenters. The average molecular weight is 1680 g/mol. The Hall–Kier alpha value is -10.7. The fraction of sp³-hybridized carbons (Fsp3) is 0.532. The number of anilines is 1. The van der Waals surface area contributed by atoms with Crippen molar-refractivity contribution < 1.29 is 28.8 Å². The SMILES string of the molecule is CCc1ccc(-c2nc3c(c(C4CCCCC4)nn3C)c(=O)[nH]2)c(OC)c1.COc1cc(CN2CCC(O)CC2)ccc1-c1nc2c(c(=O)[nH]1)C(C1CCCCC1)=NC2.COc1cc(CN2CCOCC2)ccc1-c1nc2c(c(C3CCCCC3)nn2C)c(=O)[nH]1.COc1cc(N2CCN(C)CC2)ccc1-c1nc2c(c(C3CCCCC3)nn2C)c(=O)[nH]1. The minimum Gasteiger partial charge on any atom is -0.496 e. The molecule has 4 aliphatic carbocycles. The zero-order chi connectivity index (χ0) is 85.4. The summed E-state index contributed by atoms with van der Waals surface area (Å²) in [5.41, 5.74) is 14.3. The van der Waals surface area contributed by atoms with Crippen LogP contribution in [0.3, 0.4) is 0 Å². The van der Waals surface area contributed by atoms with Gasteiger partial charge in [0.2, 0.25) is 0 Å². The van der Waals surface area contributed by atoms with E-state index >= 15 is 0 Å². The summed E-state index contributed by atoms with van der Waals surface area (Å²) in [7, 11) is 14.4. The Morgan fingerprint density at radius 1 is 0.415 bits per heavy atom. The molecule has 652 valence electrons. The second kappa shape index (κ2) is 39.0. The van der Waals surface area contributed by atoms with Crippen molar-refractivity contribution in [2.45, 2.75) is 198 Å². The van der Waals surface area contributed by atoms with Gasteiger partial charge in [-0.25, -0.2) is 34.0 Å². The highest BCUT2D eigenvalue weighted by Crippen LogP contribution is 2.42. The molecule has 4 aromatic carbocycles. The Balaban J connectivity index is 0.000000122. The first-order chi connectivity index (χ1) is 59.9. The van der Waals surface area contributed by atoms with Crippen LogP contribution < -0.4 is 46.1 Å². The van der Waals surface area contributed by atoms with E-state index < -0.39 is 0 Å². The number of aromatic nitrogens is 14. The molecule has 11 aromatic rings. The topological polar surface area (TPSA) is 328 Å². The molecular formula is C94H121N19O10. The number of likely N-dealkylation sites (N-methyl/N-ethyl adjacent to an activating group) is 1. The van der Waals surface area contributed by atoms with Crippen LogP contribution in [0.5, 0.6) is 23.0 Å². The summed E-state index contributed by atoms with van der Waals surface area (Å²) in [6.45, 7) is 13.5. The van der Waals surface area contributed by atoms with E-state index in [9.17, 15) is 24.3 Å². The first-order valence-electron chi connectivity index (χ1n) is 44.9. The second-order valence-corrected chi connectivity index (χ2v) is 34.7. The minimum atomic E-state index is -0.173. The highest BCUT2D eigenvalue weighted by Gasteiger charge is 2.33. The lowest BCUT2D eigenvalue weighted by Crippen LogP contribution is -2.44. The number of aryl methyl sites for hydroxylation is 4. The van der Waals surface area contributed by atoms with E-state index in [1.54, 1.807) is 42.5 Å². The number of nitrogens with zero attached hydrogens (tertiary/aromatic N) is 15. The van der Waals surface area contributed by atoms with Gasteiger partial charge in [-0.2, -0.15) is 15.3 Å². The van der Waals surface area contributed by atoms with E-state index in [4.69, 9.17) is 58.8 Å². The number of hydrogen-bond acceptors (Lipinski definition) is 22. The number of piperidine rings is 1. The number of aliphatic imine (C=N–C) groups is 1. The summed E-state index contributed by atoms with van der Waals surface area (Å²) in [5, 5.41) is 25.8. The Kier molecular flexibility index (Phi) is 27.2. The monoisotopic (exact) mass is 1680 g/mol. The first-order valence-corrected chi connectivity index (χ1v) is 44.9. The molecule has 0 spiro atoms. The van der Waals surface area contributed by atoms with Gasteiger partial charge in [-0.15, -0.1) is 0 Å². The van der Waals surface area contributed by atoms with Crippen LogP contribution in [0.4, 0.5) is 5.69 Å². The van der Waals surface area contributed by atoms with Crippen LogP contribution >= 0.6 is 0 Å². The van der Waals surface area contributed by atoms with Crippen LogP contribution in [0, 0.1) is 5.92 Å². The van der Waals surface area contributed by atoms with Gasteiger partial charge in [0.1, 0.15) is 62.5 Å². The van der Waals surface area contributed by atoms with Crippen LogP contribution in [0.15, 0.2) is 97.0 Å². The van der Waals surface area contributed by atoms with Gasteiger partial charge >= 0.3 is 0 Å². The molecule has 123 heavy (non-hydrogen) atoms. The Labute approximate surface area is 717 Å². The number of aliphatic hydroxyl groups excluding tert-OH is 1. The van der Waals surface area contributed by atoms with Crippen molar-refractivity contribution in [3.05, 3.63) is 159 Å². The van der Waals surface area contributed by atoms with Crippen LogP contribution in [0.1, 0.15) is 211 Å². The molecule has 0 atom stereocenters. The fourth-order valence-electron chi connectivity index (χ4n) is 19.6. The number of aromatic amines is 4.